The fraction of sp³-hybridized carbons (Fsp3) is 0.0952. The van der Waals surface area contributed by atoms with Crippen LogP contribution >= 0.6 is 0 Å². The van der Waals surface area contributed by atoms with Gasteiger partial charge in [-0.2, -0.15) is 0 Å². The number of hydrogen-bond acceptors (Lipinski definition) is 4. The van der Waals surface area contributed by atoms with Crippen molar-refractivity contribution < 1.29 is 4.74 Å². The van der Waals surface area contributed by atoms with Crippen LogP contribution in [0.3, 0.4) is 0 Å². The topological polar surface area (TPSA) is 46.2 Å². The maximum absolute atomic E-state index is 5.69. The van der Waals surface area contributed by atoms with Crippen LogP contribution in [0, 0.1) is 0 Å². The molecule has 0 spiro atoms. The van der Waals surface area contributed by atoms with E-state index in [1.807, 2.05) is 49.4 Å². The number of anilines is 2. The summed E-state index contributed by atoms with van der Waals surface area (Å²) in [7, 11) is 0. The molecule has 2 heterocycles. The molecule has 0 unspecified atom stereocenters. The van der Waals surface area contributed by atoms with Gasteiger partial charge in [-0.15, -0.1) is 0 Å². The van der Waals surface area contributed by atoms with E-state index in [4.69, 9.17) is 4.74 Å². The zero-order valence-electron chi connectivity index (χ0n) is 14.0. The number of pyridine rings is 1. The van der Waals surface area contributed by atoms with Crippen LogP contribution in [0.1, 0.15) is 18.1 Å². The number of benzene rings is 2. The van der Waals surface area contributed by atoms with E-state index in [2.05, 4.69) is 39.9 Å². The average molecular weight is 329 g/mol. The number of rotatable bonds is 4. The number of hydrogen-bond donors (Lipinski definition) is 2. The first-order valence-corrected chi connectivity index (χ1v) is 8.38. The molecule has 0 bridgehead atoms. The molecule has 0 saturated carbocycles. The molecule has 1 aliphatic rings. The van der Waals surface area contributed by atoms with Gasteiger partial charge in [0, 0.05) is 17.3 Å². The molecule has 0 saturated heterocycles. The molecule has 4 nitrogen and oxygen atoms in total. The molecule has 2 aromatic carbocycles. The van der Waals surface area contributed by atoms with Crippen molar-refractivity contribution in [3.63, 3.8) is 0 Å². The molecule has 1 aliphatic heterocycles. The van der Waals surface area contributed by atoms with Crippen LogP contribution in [0.15, 0.2) is 72.9 Å². The first kappa shape index (κ1) is 15.3. The summed E-state index contributed by atoms with van der Waals surface area (Å²) in [6.07, 6.45) is 1.76. The normalized spacial score (nSPS) is 12.8. The van der Waals surface area contributed by atoms with Crippen molar-refractivity contribution >= 4 is 22.8 Å². The van der Waals surface area contributed by atoms with Gasteiger partial charge in [0.25, 0.3) is 0 Å². The van der Waals surface area contributed by atoms with E-state index in [9.17, 15) is 0 Å². The average Bonchev–Trinajstić information content (AvgIpc) is 2.69. The van der Waals surface area contributed by atoms with E-state index in [0.29, 0.717) is 12.5 Å². The number of nitrogens with zero attached hydrogens (tertiary/aromatic N) is 1. The summed E-state index contributed by atoms with van der Waals surface area (Å²) in [5.74, 6) is 0.605. The lowest BCUT2D eigenvalue weighted by atomic mass is 10.0. The maximum Gasteiger partial charge on any atom is 0.239 e. The Hall–Kier alpha value is -3.27. The highest BCUT2D eigenvalue weighted by Gasteiger charge is 2.23. The molecule has 25 heavy (non-hydrogen) atoms. The number of nitrogens with one attached hydrogen (secondary N) is 2. The lowest BCUT2D eigenvalue weighted by molar-refractivity contribution is 0.329. The molecule has 0 aliphatic carbocycles. The van der Waals surface area contributed by atoms with Crippen LogP contribution in [-0.4, -0.2) is 11.6 Å². The molecule has 2 N–H and O–H groups in total. The van der Waals surface area contributed by atoms with Gasteiger partial charge in [-0.05, 0) is 13.0 Å². The minimum Gasteiger partial charge on any atom is -0.476 e. The van der Waals surface area contributed by atoms with E-state index in [1.165, 1.54) is 0 Å². The van der Waals surface area contributed by atoms with E-state index in [-0.39, 0.29) is 0 Å². The largest absolute Gasteiger partial charge is 0.476 e. The third-order valence-corrected chi connectivity index (χ3v) is 4.08. The summed E-state index contributed by atoms with van der Waals surface area (Å²) in [5, 5.41) is 7.10. The highest BCUT2D eigenvalue weighted by Crippen LogP contribution is 2.41. The van der Waals surface area contributed by atoms with E-state index in [0.717, 1.165) is 33.9 Å². The van der Waals surface area contributed by atoms with Crippen molar-refractivity contribution in [2.24, 2.45) is 0 Å². The second-order valence-corrected chi connectivity index (χ2v) is 5.70. The first-order chi connectivity index (χ1) is 12.4. The summed E-state index contributed by atoms with van der Waals surface area (Å²) < 4.78 is 5.69. The second-order valence-electron chi connectivity index (χ2n) is 5.70. The zero-order valence-corrected chi connectivity index (χ0v) is 14.0. The minimum atomic E-state index is 0.570. The molecule has 0 amide bonds. The quantitative estimate of drug-likeness (QED) is 0.719. The monoisotopic (exact) mass is 329 g/mol. The Labute approximate surface area is 147 Å². The molecule has 0 atom stereocenters. The van der Waals surface area contributed by atoms with Crippen molar-refractivity contribution in [1.29, 1.82) is 0 Å². The van der Waals surface area contributed by atoms with Gasteiger partial charge in [-0.3, -0.25) is 0 Å². The number of ether oxygens (including phenoxy) is 1. The van der Waals surface area contributed by atoms with Gasteiger partial charge in [-0.25, -0.2) is 4.98 Å². The Balaban J connectivity index is 1.87. The summed E-state index contributed by atoms with van der Waals surface area (Å²) in [5.41, 5.74) is 6.08. The van der Waals surface area contributed by atoms with Crippen molar-refractivity contribution in [2.45, 2.75) is 6.92 Å². The fourth-order valence-electron chi connectivity index (χ4n) is 2.94. The van der Waals surface area contributed by atoms with Crippen LogP contribution in [-0.2, 0) is 0 Å². The Morgan fingerprint density at radius 3 is 2.00 bits per heavy atom. The molecule has 124 valence electrons. The third kappa shape index (κ3) is 2.94. The summed E-state index contributed by atoms with van der Waals surface area (Å²) in [6, 6.07) is 22.5. The maximum atomic E-state index is 5.69. The third-order valence-electron chi connectivity index (χ3n) is 4.08. The van der Waals surface area contributed by atoms with Gasteiger partial charge in [0.1, 0.15) is 5.69 Å². The molecular weight excluding hydrogens is 310 g/mol. The lowest BCUT2D eigenvalue weighted by Gasteiger charge is -2.27. The van der Waals surface area contributed by atoms with Gasteiger partial charge in [0.2, 0.25) is 5.88 Å². The first-order valence-electron chi connectivity index (χ1n) is 8.38. The fourth-order valence-corrected chi connectivity index (χ4v) is 2.94. The Kier molecular flexibility index (Phi) is 4.09. The van der Waals surface area contributed by atoms with Gasteiger partial charge in [0.15, 0.2) is 0 Å². The van der Waals surface area contributed by atoms with Crippen LogP contribution < -0.4 is 15.4 Å². The lowest BCUT2D eigenvalue weighted by Crippen LogP contribution is -2.16. The predicted octanol–water partition coefficient (Wildman–Crippen LogP) is 4.84. The highest BCUT2D eigenvalue weighted by molar-refractivity contribution is 6.06. The number of fused-ring (bicyclic) bond motifs is 1. The van der Waals surface area contributed by atoms with Crippen LogP contribution in [0.5, 0.6) is 5.88 Å². The number of aromatic nitrogens is 1. The Morgan fingerprint density at radius 1 is 0.800 bits per heavy atom. The highest BCUT2D eigenvalue weighted by atomic mass is 16.5. The van der Waals surface area contributed by atoms with Gasteiger partial charge >= 0.3 is 0 Å². The smallest absolute Gasteiger partial charge is 0.239 e. The van der Waals surface area contributed by atoms with E-state index < -0.39 is 0 Å². The SMILES string of the molecule is CCOc1nccc2c1NC(c1ccccc1)=C(c1ccccc1)N2. The van der Waals surface area contributed by atoms with E-state index in [1.54, 1.807) is 6.20 Å². The van der Waals surface area contributed by atoms with Gasteiger partial charge < -0.3 is 15.4 Å². The zero-order chi connectivity index (χ0) is 17.1. The Bertz CT molecular complexity index is 905. The van der Waals surface area contributed by atoms with Crippen LogP contribution in [0.4, 0.5) is 11.4 Å². The van der Waals surface area contributed by atoms with E-state index >= 15 is 0 Å². The van der Waals surface area contributed by atoms with Crippen LogP contribution in [0.25, 0.3) is 11.4 Å². The molecule has 0 radical (unpaired) electrons. The van der Waals surface area contributed by atoms with Crippen molar-refractivity contribution in [1.82, 2.24) is 4.98 Å². The standard InChI is InChI=1S/C21H19N3O/c1-2-25-21-20-17(13-14-22-21)23-18(15-9-5-3-6-10-15)19(24-20)16-11-7-4-8-12-16/h3-14,23-24H,2H2,1H3. The van der Waals surface area contributed by atoms with Crippen molar-refractivity contribution in [3.05, 3.63) is 84.1 Å². The molecule has 4 rings (SSSR count). The Morgan fingerprint density at radius 2 is 1.40 bits per heavy atom. The van der Waals surface area contributed by atoms with Crippen molar-refractivity contribution in [3.8, 4) is 5.88 Å². The summed E-state index contributed by atoms with van der Waals surface area (Å²) in [6.45, 7) is 2.53. The summed E-state index contributed by atoms with van der Waals surface area (Å²) in [4.78, 5) is 4.36. The summed E-state index contributed by atoms with van der Waals surface area (Å²) >= 11 is 0. The molecule has 0 fully saturated rings. The molecule has 1 aromatic heterocycles. The predicted molar refractivity (Wildman–Crippen MR) is 102 cm³/mol. The van der Waals surface area contributed by atoms with Crippen molar-refractivity contribution in [2.75, 3.05) is 17.2 Å². The molecular formula is C21H19N3O. The molecule has 3 aromatic rings. The van der Waals surface area contributed by atoms with Gasteiger partial charge in [-0.1, -0.05) is 60.7 Å². The second kappa shape index (κ2) is 6.69. The van der Waals surface area contributed by atoms with Crippen LogP contribution in [0.2, 0.25) is 0 Å². The van der Waals surface area contributed by atoms with Gasteiger partial charge in [0.05, 0.1) is 23.7 Å². The molecule has 4 heteroatoms. The minimum absolute atomic E-state index is 0.570.